The lowest BCUT2D eigenvalue weighted by Crippen LogP contribution is -1.80. The van der Waals surface area contributed by atoms with Gasteiger partial charge in [0.05, 0.1) is 6.61 Å². The molecule has 0 unspecified atom stereocenters. The predicted molar refractivity (Wildman–Crippen MR) is 36.3 cm³/mol. The van der Waals surface area contributed by atoms with Gasteiger partial charge in [0.15, 0.2) is 0 Å². The Morgan fingerprint density at radius 2 is 2.11 bits per heavy atom. The highest BCUT2D eigenvalue weighted by molar-refractivity contribution is 5.49. The average Bonchev–Trinajstić information content (AvgIpc) is 1.89. The van der Waals surface area contributed by atoms with Gasteiger partial charge in [0.25, 0.3) is 0 Å². The largest absolute Gasteiger partial charge is 0.381 e. The van der Waals surface area contributed by atoms with Gasteiger partial charge >= 0.3 is 0 Å². The molecule has 52 valence electrons. The number of methoxy groups -OCH3 is 1. The number of ether oxygens (including phenoxy) is 1. The molecule has 0 atom stereocenters. The molecular weight excluding hydrogens is 116 g/mol. The summed E-state index contributed by atoms with van der Waals surface area (Å²) in [7, 11) is 1.64. The fourth-order valence-electron chi connectivity index (χ4n) is 0.446. The minimum atomic E-state index is 0.611. The van der Waals surface area contributed by atoms with Crippen molar-refractivity contribution in [2.75, 3.05) is 13.7 Å². The maximum absolute atomic E-state index is 9.77. The van der Waals surface area contributed by atoms with E-state index in [2.05, 4.69) is 0 Å². The molecule has 2 nitrogen and oxygen atoms in total. The number of unbranched alkanes of at least 4 members (excludes halogenated alkanes) is 1. The molecule has 0 aliphatic carbocycles. The van der Waals surface area contributed by atoms with Gasteiger partial charge < -0.3 is 9.53 Å². The fourth-order valence-corrected chi connectivity index (χ4v) is 0.446. The minimum absolute atomic E-state index is 0.611. The summed E-state index contributed by atoms with van der Waals surface area (Å²) in [5, 5.41) is 0. The Kier molecular flexibility index (Phi) is 6.85. The zero-order valence-corrected chi connectivity index (χ0v) is 5.67. The molecule has 0 saturated carbocycles. The molecule has 0 aliphatic heterocycles. The lowest BCUT2D eigenvalue weighted by molar-refractivity contribution is -0.107. The van der Waals surface area contributed by atoms with E-state index in [1.165, 1.54) is 0 Å². The van der Waals surface area contributed by atoms with Crippen LogP contribution in [0.15, 0.2) is 12.2 Å². The summed E-state index contributed by atoms with van der Waals surface area (Å²) in [5.41, 5.74) is 0. The van der Waals surface area contributed by atoms with Gasteiger partial charge in [0, 0.05) is 13.5 Å². The van der Waals surface area contributed by atoms with Crippen LogP contribution in [-0.4, -0.2) is 20.0 Å². The van der Waals surface area contributed by atoms with Gasteiger partial charge in [-0.2, -0.15) is 0 Å². The molecule has 0 aromatic carbocycles. The van der Waals surface area contributed by atoms with E-state index in [1.54, 1.807) is 7.11 Å². The molecule has 0 aliphatic rings. The molecule has 0 aromatic heterocycles. The Hall–Kier alpha value is -0.630. The van der Waals surface area contributed by atoms with Crippen molar-refractivity contribution in [2.24, 2.45) is 0 Å². The van der Waals surface area contributed by atoms with Crippen molar-refractivity contribution < 1.29 is 9.53 Å². The standard InChI is InChI=1S/C7H12O2/c1-9-7-5-3-2-4-6-8/h3,5-6H,2,4,7H2,1H3. The number of carbonyl (C=O) groups excluding carboxylic acids is 1. The molecular formula is C7H12O2. The molecule has 0 amide bonds. The van der Waals surface area contributed by atoms with Gasteiger partial charge in [-0.3, -0.25) is 0 Å². The second kappa shape index (κ2) is 7.37. The Morgan fingerprint density at radius 3 is 2.67 bits per heavy atom. The maximum Gasteiger partial charge on any atom is 0.120 e. The number of allylic oxidation sites excluding steroid dienone is 1. The van der Waals surface area contributed by atoms with E-state index in [0.29, 0.717) is 13.0 Å². The summed E-state index contributed by atoms with van der Waals surface area (Å²) in [6.07, 6.45) is 6.20. The Labute approximate surface area is 55.5 Å². The fraction of sp³-hybridized carbons (Fsp3) is 0.571. The van der Waals surface area contributed by atoms with Crippen LogP contribution >= 0.6 is 0 Å². The average molecular weight is 128 g/mol. The zero-order valence-electron chi connectivity index (χ0n) is 5.67. The molecule has 0 heterocycles. The van der Waals surface area contributed by atoms with Crippen molar-refractivity contribution in [3.05, 3.63) is 12.2 Å². The lowest BCUT2D eigenvalue weighted by Gasteiger charge is -1.85. The number of carbonyl (C=O) groups is 1. The van der Waals surface area contributed by atoms with Crippen molar-refractivity contribution >= 4 is 6.29 Å². The summed E-state index contributed by atoms with van der Waals surface area (Å²) < 4.78 is 4.75. The SMILES string of the molecule is COCC=CCCC=O. The van der Waals surface area contributed by atoms with Crippen molar-refractivity contribution in [2.45, 2.75) is 12.8 Å². The van der Waals surface area contributed by atoms with E-state index in [1.807, 2.05) is 12.2 Å². The van der Waals surface area contributed by atoms with E-state index < -0.39 is 0 Å². The van der Waals surface area contributed by atoms with Gasteiger partial charge in [-0.1, -0.05) is 12.2 Å². The van der Waals surface area contributed by atoms with Crippen LogP contribution in [0.1, 0.15) is 12.8 Å². The molecule has 0 radical (unpaired) electrons. The molecule has 0 N–H and O–H groups in total. The highest BCUT2D eigenvalue weighted by Crippen LogP contribution is 1.85. The van der Waals surface area contributed by atoms with Gasteiger partial charge in [-0.05, 0) is 6.42 Å². The first kappa shape index (κ1) is 8.37. The number of rotatable bonds is 5. The topological polar surface area (TPSA) is 26.3 Å². The molecule has 9 heavy (non-hydrogen) atoms. The summed E-state index contributed by atoms with van der Waals surface area (Å²) in [5.74, 6) is 0. The molecule has 0 aromatic rings. The highest BCUT2D eigenvalue weighted by Gasteiger charge is 1.75. The summed E-state index contributed by atoms with van der Waals surface area (Å²) in [6.45, 7) is 0.638. The first-order valence-corrected chi connectivity index (χ1v) is 2.99. The molecule has 0 rings (SSSR count). The minimum Gasteiger partial charge on any atom is -0.381 e. The van der Waals surface area contributed by atoms with Crippen molar-refractivity contribution in [1.82, 2.24) is 0 Å². The van der Waals surface area contributed by atoms with Gasteiger partial charge in [-0.25, -0.2) is 0 Å². The summed E-state index contributed by atoms with van der Waals surface area (Å²) in [4.78, 5) is 9.77. The quantitative estimate of drug-likeness (QED) is 0.315. The normalized spacial score (nSPS) is 10.3. The molecule has 2 heteroatoms. The van der Waals surface area contributed by atoms with Crippen molar-refractivity contribution in [3.63, 3.8) is 0 Å². The van der Waals surface area contributed by atoms with Crippen LogP contribution < -0.4 is 0 Å². The van der Waals surface area contributed by atoms with Crippen molar-refractivity contribution in [1.29, 1.82) is 0 Å². The van der Waals surface area contributed by atoms with Crippen molar-refractivity contribution in [3.8, 4) is 0 Å². The third-order valence-corrected chi connectivity index (χ3v) is 0.881. The van der Waals surface area contributed by atoms with E-state index in [9.17, 15) is 4.79 Å². The third kappa shape index (κ3) is 7.37. The second-order valence-corrected chi connectivity index (χ2v) is 1.67. The molecule has 0 bridgehead atoms. The lowest BCUT2D eigenvalue weighted by atomic mass is 10.3. The van der Waals surface area contributed by atoms with Crippen LogP contribution in [0.4, 0.5) is 0 Å². The summed E-state index contributed by atoms with van der Waals surface area (Å²) >= 11 is 0. The Morgan fingerprint density at radius 1 is 1.33 bits per heavy atom. The van der Waals surface area contributed by atoms with Crippen LogP contribution in [0.2, 0.25) is 0 Å². The number of hydrogen-bond acceptors (Lipinski definition) is 2. The third-order valence-electron chi connectivity index (χ3n) is 0.881. The number of aldehydes is 1. The van der Waals surface area contributed by atoms with Crippen LogP contribution in [0.25, 0.3) is 0 Å². The van der Waals surface area contributed by atoms with Crippen LogP contribution in [0, 0.1) is 0 Å². The van der Waals surface area contributed by atoms with Crippen LogP contribution in [0.5, 0.6) is 0 Å². The first-order chi connectivity index (χ1) is 4.41. The van der Waals surface area contributed by atoms with E-state index in [-0.39, 0.29) is 0 Å². The Bertz CT molecular complexity index is 86.9. The van der Waals surface area contributed by atoms with Crippen LogP contribution in [-0.2, 0) is 9.53 Å². The van der Waals surface area contributed by atoms with E-state index in [0.717, 1.165) is 12.7 Å². The maximum atomic E-state index is 9.77. The number of hydrogen-bond donors (Lipinski definition) is 0. The van der Waals surface area contributed by atoms with Gasteiger partial charge in [0.1, 0.15) is 6.29 Å². The van der Waals surface area contributed by atoms with E-state index >= 15 is 0 Å². The first-order valence-electron chi connectivity index (χ1n) is 2.99. The monoisotopic (exact) mass is 128 g/mol. The summed E-state index contributed by atoms with van der Waals surface area (Å²) in [6, 6.07) is 0. The van der Waals surface area contributed by atoms with Gasteiger partial charge in [0.2, 0.25) is 0 Å². The molecule has 0 fully saturated rings. The predicted octanol–water partition coefficient (Wildman–Crippen LogP) is 1.17. The van der Waals surface area contributed by atoms with Gasteiger partial charge in [-0.15, -0.1) is 0 Å². The van der Waals surface area contributed by atoms with Crippen LogP contribution in [0.3, 0.4) is 0 Å². The van der Waals surface area contributed by atoms with E-state index in [4.69, 9.17) is 4.74 Å². The Balaban J connectivity index is 2.94. The highest BCUT2D eigenvalue weighted by atomic mass is 16.5. The molecule has 0 saturated heterocycles. The smallest absolute Gasteiger partial charge is 0.120 e. The zero-order chi connectivity index (χ0) is 6.95. The second-order valence-electron chi connectivity index (χ2n) is 1.67. The molecule has 0 spiro atoms.